The van der Waals surface area contributed by atoms with Gasteiger partial charge in [0.2, 0.25) is 0 Å². The normalized spacial score (nSPS) is 11.5. The van der Waals surface area contributed by atoms with Crippen LogP contribution in [0.1, 0.15) is 0 Å². The minimum absolute atomic E-state index is 0.0178. The van der Waals surface area contributed by atoms with E-state index in [1.54, 1.807) is 30.3 Å². The molecule has 43 heavy (non-hydrogen) atoms. The topological polar surface area (TPSA) is 160 Å². The van der Waals surface area contributed by atoms with E-state index in [0.717, 1.165) is 0 Å². The summed E-state index contributed by atoms with van der Waals surface area (Å²) < 4.78 is 72.1. The van der Waals surface area contributed by atoms with Crippen LogP contribution in [0.25, 0.3) is 0 Å². The summed E-state index contributed by atoms with van der Waals surface area (Å²) in [4.78, 5) is 10.3. The molecule has 0 bridgehead atoms. The van der Waals surface area contributed by atoms with Gasteiger partial charge in [-0.05, 0) is 24.3 Å². The molecule has 0 saturated heterocycles. The minimum Gasteiger partial charge on any atom is -0.491 e. The predicted octanol–water partition coefficient (Wildman–Crippen LogP) is 2.50. The van der Waals surface area contributed by atoms with Gasteiger partial charge in [0, 0.05) is 12.1 Å². The Morgan fingerprint density at radius 1 is 0.512 bits per heavy atom. The molecule has 0 fully saturated rings. The molecule has 0 atom stereocenters. The summed E-state index contributed by atoms with van der Waals surface area (Å²) >= 11 is 0. The summed E-state index contributed by atoms with van der Waals surface area (Å²) in [7, 11) is -3.76. The summed E-state index contributed by atoms with van der Waals surface area (Å²) in [6, 6.07) is 13.8. The smallest absolute Gasteiger partial charge is 0.297 e. The van der Waals surface area contributed by atoms with Crippen molar-refractivity contribution in [2.75, 3.05) is 106 Å². The number of nitrogens with zero attached hydrogens (tertiary/aromatic N) is 1. The summed E-state index contributed by atoms with van der Waals surface area (Å²) in [5.74, 6) is 0.546. The molecule has 0 aliphatic heterocycles. The second kappa shape index (κ2) is 23.7. The molecule has 0 aliphatic rings. The first-order valence-electron chi connectivity index (χ1n) is 13.8. The van der Waals surface area contributed by atoms with Crippen molar-refractivity contribution in [1.29, 1.82) is 0 Å². The van der Waals surface area contributed by atoms with Crippen molar-refractivity contribution in [2.45, 2.75) is 4.90 Å². The number of rotatable bonds is 28. The Labute approximate surface area is 252 Å². The molecule has 0 saturated carbocycles. The molecular weight excluding hydrogens is 590 g/mol. The van der Waals surface area contributed by atoms with Gasteiger partial charge in [0.05, 0.1) is 109 Å². The van der Waals surface area contributed by atoms with Gasteiger partial charge in [-0.25, -0.2) is 0 Å². The van der Waals surface area contributed by atoms with Crippen LogP contribution in [0.3, 0.4) is 0 Å². The van der Waals surface area contributed by atoms with Gasteiger partial charge in [0.1, 0.15) is 12.4 Å². The molecule has 2 aromatic carbocycles. The van der Waals surface area contributed by atoms with Gasteiger partial charge in [-0.15, -0.1) is 0 Å². The predicted molar refractivity (Wildman–Crippen MR) is 154 cm³/mol. The Morgan fingerprint density at radius 2 is 0.884 bits per heavy atom. The maximum Gasteiger partial charge on any atom is 0.297 e. The molecule has 0 spiro atoms. The van der Waals surface area contributed by atoms with E-state index < -0.39 is 15.0 Å². The van der Waals surface area contributed by atoms with Crippen molar-refractivity contribution in [3.63, 3.8) is 0 Å². The van der Waals surface area contributed by atoms with Crippen LogP contribution in [0.2, 0.25) is 0 Å². The first kappa shape index (κ1) is 36.5. The number of hydrogen-bond donors (Lipinski definition) is 0. The standard InChI is InChI=1S/C28H41NO13S/c30-29(31)26-6-8-27(9-7-26)41-24-22-39-20-18-37-16-14-35-12-10-34-11-13-36-15-17-38-19-21-40-23-25-42-43(32,33)28-4-2-1-3-5-28/h1-9H,10-25H2. The molecule has 0 heterocycles. The Morgan fingerprint density at radius 3 is 1.28 bits per heavy atom. The Kier molecular flexibility index (Phi) is 20.1. The summed E-state index contributed by atoms with van der Waals surface area (Å²) in [5, 5.41) is 10.6. The quantitative estimate of drug-likeness (QED) is 0.0584. The van der Waals surface area contributed by atoms with Crippen molar-refractivity contribution < 1.29 is 55.4 Å². The van der Waals surface area contributed by atoms with Gasteiger partial charge in [0.25, 0.3) is 15.8 Å². The van der Waals surface area contributed by atoms with Crippen LogP contribution in [0.15, 0.2) is 59.5 Å². The lowest BCUT2D eigenvalue weighted by molar-refractivity contribution is -0.384. The van der Waals surface area contributed by atoms with E-state index in [2.05, 4.69) is 0 Å². The van der Waals surface area contributed by atoms with Crippen molar-refractivity contribution in [3.05, 3.63) is 64.7 Å². The first-order valence-corrected chi connectivity index (χ1v) is 15.3. The lowest BCUT2D eigenvalue weighted by Crippen LogP contribution is -2.15. The molecule has 15 heteroatoms. The van der Waals surface area contributed by atoms with Crippen LogP contribution in [-0.2, 0) is 47.5 Å². The zero-order valence-electron chi connectivity index (χ0n) is 24.2. The SMILES string of the molecule is O=[N+]([O-])c1ccc(OCCOCCOCCOCCOCCOCCOCCOCCOS(=O)(=O)c2ccccc2)cc1. The highest BCUT2D eigenvalue weighted by molar-refractivity contribution is 7.86. The molecule has 0 aromatic heterocycles. The molecule has 0 unspecified atom stereocenters. The molecule has 14 nitrogen and oxygen atoms in total. The average molecular weight is 632 g/mol. The number of nitro benzene ring substituents is 1. The van der Waals surface area contributed by atoms with Crippen LogP contribution in [0.4, 0.5) is 5.69 Å². The van der Waals surface area contributed by atoms with E-state index in [1.807, 2.05) is 0 Å². The average Bonchev–Trinajstić information content (AvgIpc) is 3.01. The van der Waals surface area contributed by atoms with Crippen molar-refractivity contribution >= 4 is 15.8 Å². The van der Waals surface area contributed by atoms with Gasteiger partial charge < -0.3 is 37.9 Å². The molecule has 242 valence electrons. The number of non-ortho nitro benzene ring substituents is 1. The lowest BCUT2D eigenvalue weighted by atomic mass is 10.3. The third-order valence-electron chi connectivity index (χ3n) is 5.27. The highest BCUT2D eigenvalue weighted by Gasteiger charge is 2.13. The fourth-order valence-corrected chi connectivity index (χ4v) is 4.08. The van der Waals surface area contributed by atoms with Gasteiger partial charge in [-0.2, -0.15) is 8.42 Å². The molecule has 0 radical (unpaired) electrons. The third-order valence-corrected chi connectivity index (χ3v) is 6.60. The van der Waals surface area contributed by atoms with E-state index >= 15 is 0 Å². The zero-order valence-corrected chi connectivity index (χ0v) is 25.0. The van der Waals surface area contributed by atoms with Crippen molar-refractivity contribution in [2.24, 2.45) is 0 Å². The summed E-state index contributed by atoms with van der Waals surface area (Å²) in [6.45, 7) is 5.83. The van der Waals surface area contributed by atoms with Crippen LogP contribution in [0, 0.1) is 10.1 Å². The maximum atomic E-state index is 11.9. The second-order valence-corrected chi connectivity index (χ2v) is 10.1. The van der Waals surface area contributed by atoms with Crippen molar-refractivity contribution in [3.8, 4) is 5.75 Å². The van der Waals surface area contributed by atoms with E-state index in [4.69, 9.17) is 42.1 Å². The summed E-state index contributed by atoms with van der Waals surface area (Å²) in [6.07, 6.45) is 0. The lowest BCUT2D eigenvalue weighted by Gasteiger charge is -2.09. The molecular formula is C28H41NO13S. The molecule has 0 amide bonds. The first-order chi connectivity index (χ1) is 21.0. The molecule has 0 aliphatic carbocycles. The van der Waals surface area contributed by atoms with Gasteiger partial charge in [0.15, 0.2) is 0 Å². The van der Waals surface area contributed by atoms with E-state index in [9.17, 15) is 18.5 Å². The zero-order chi connectivity index (χ0) is 30.9. The molecule has 2 rings (SSSR count). The highest BCUT2D eigenvalue weighted by Crippen LogP contribution is 2.17. The van der Waals surface area contributed by atoms with Crippen molar-refractivity contribution in [1.82, 2.24) is 0 Å². The largest absolute Gasteiger partial charge is 0.491 e. The number of benzene rings is 2. The second-order valence-electron chi connectivity index (χ2n) is 8.48. The van der Waals surface area contributed by atoms with Crippen LogP contribution in [0.5, 0.6) is 5.75 Å². The van der Waals surface area contributed by atoms with Crippen LogP contribution >= 0.6 is 0 Å². The fourth-order valence-electron chi connectivity index (χ4n) is 3.16. The number of ether oxygens (including phenoxy) is 8. The fraction of sp³-hybridized carbons (Fsp3) is 0.571. The van der Waals surface area contributed by atoms with E-state index in [1.165, 1.54) is 24.3 Å². The Hall–Kier alpha value is -2.73. The highest BCUT2D eigenvalue weighted by atomic mass is 32.2. The third kappa shape index (κ3) is 18.5. The molecule has 2 aromatic rings. The Balaban J connectivity index is 1.22. The Bertz CT molecular complexity index is 1070. The number of nitro groups is 1. The van der Waals surface area contributed by atoms with Crippen LogP contribution < -0.4 is 4.74 Å². The number of hydrogen-bond acceptors (Lipinski definition) is 13. The van der Waals surface area contributed by atoms with E-state index in [0.29, 0.717) is 98.2 Å². The van der Waals surface area contributed by atoms with Gasteiger partial charge in [-0.1, -0.05) is 18.2 Å². The molecule has 0 N–H and O–H groups in total. The maximum absolute atomic E-state index is 11.9. The van der Waals surface area contributed by atoms with Gasteiger partial charge >= 0.3 is 0 Å². The monoisotopic (exact) mass is 631 g/mol. The van der Waals surface area contributed by atoms with E-state index in [-0.39, 0.29) is 23.8 Å². The minimum atomic E-state index is -3.76. The van der Waals surface area contributed by atoms with Crippen LogP contribution in [-0.4, -0.2) is 119 Å². The van der Waals surface area contributed by atoms with Gasteiger partial charge in [-0.3, -0.25) is 14.3 Å². The summed E-state index contributed by atoms with van der Waals surface area (Å²) in [5.41, 5.74) is 0.0178.